The monoisotopic (exact) mass is 343 g/mol. The van der Waals surface area contributed by atoms with E-state index in [4.69, 9.17) is 0 Å². The van der Waals surface area contributed by atoms with Crippen molar-refractivity contribution in [2.24, 2.45) is 7.05 Å². The number of rotatable bonds is 6. The van der Waals surface area contributed by atoms with Crippen molar-refractivity contribution >= 4 is 21.1 Å². The van der Waals surface area contributed by atoms with E-state index in [1.807, 2.05) is 67.1 Å². The molecule has 6 heteroatoms. The summed E-state index contributed by atoms with van der Waals surface area (Å²) in [5.74, 6) is 1.02. The first-order chi connectivity index (χ1) is 11.4. The summed E-state index contributed by atoms with van der Waals surface area (Å²) in [4.78, 5) is 4.48. The van der Waals surface area contributed by atoms with Gasteiger partial charge in [0.25, 0.3) is 0 Å². The topological polar surface area (TPSA) is 64.0 Å². The first-order valence-corrected chi connectivity index (χ1v) is 9.53. The summed E-state index contributed by atoms with van der Waals surface area (Å²) in [6.45, 7) is 2.23. The van der Waals surface area contributed by atoms with E-state index in [0.717, 1.165) is 28.0 Å². The third-order valence-electron chi connectivity index (χ3n) is 4.17. The van der Waals surface area contributed by atoms with Crippen LogP contribution >= 0.6 is 0 Å². The number of sulfonamides is 1. The van der Waals surface area contributed by atoms with E-state index in [1.165, 1.54) is 0 Å². The zero-order chi connectivity index (χ0) is 17.2. The summed E-state index contributed by atoms with van der Waals surface area (Å²) in [6.07, 6.45) is 0.509. The molecule has 0 bridgehead atoms. The van der Waals surface area contributed by atoms with E-state index < -0.39 is 10.0 Å². The first-order valence-electron chi connectivity index (χ1n) is 7.88. The van der Waals surface area contributed by atoms with Gasteiger partial charge in [0.05, 0.1) is 16.8 Å². The van der Waals surface area contributed by atoms with Crippen LogP contribution in [-0.2, 0) is 30.0 Å². The maximum Gasteiger partial charge on any atom is 0.212 e. The molecule has 0 aliphatic carbocycles. The Kier molecular flexibility index (Phi) is 4.69. The first kappa shape index (κ1) is 16.7. The van der Waals surface area contributed by atoms with Crippen LogP contribution in [0.3, 0.4) is 0 Å². The minimum Gasteiger partial charge on any atom is -0.331 e. The Morgan fingerprint density at radius 3 is 2.58 bits per heavy atom. The fraction of sp³-hybridized carbons (Fsp3) is 0.278. The lowest BCUT2D eigenvalue weighted by Gasteiger charge is -2.07. The number of aryl methyl sites for hydroxylation is 3. The highest BCUT2D eigenvalue weighted by molar-refractivity contribution is 7.89. The molecule has 126 valence electrons. The fourth-order valence-corrected chi connectivity index (χ4v) is 3.67. The quantitative estimate of drug-likeness (QED) is 0.748. The van der Waals surface area contributed by atoms with Gasteiger partial charge in [-0.15, -0.1) is 0 Å². The molecule has 1 heterocycles. The van der Waals surface area contributed by atoms with Crippen molar-refractivity contribution in [1.82, 2.24) is 14.3 Å². The molecule has 1 aromatic heterocycles. The lowest BCUT2D eigenvalue weighted by Crippen LogP contribution is -2.26. The Balaban J connectivity index is 1.64. The van der Waals surface area contributed by atoms with Gasteiger partial charge in [-0.25, -0.2) is 18.1 Å². The predicted molar refractivity (Wildman–Crippen MR) is 96.2 cm³/mol. The van der Waals surface area contributed by atoms with Crippen LogP contribution in [0.25, 0.3) is 11.0 Å². The Morgan fingerprint density at radius 1 is 1.08 bits per heavy atom. The van der Waals surface area contributed by atoms with Crippen LogP contribution in [0.2, 0.25) is 0 Å². The molecule has 0 amide bonds. The minimum atomic E-state index is -3.31. The third-order valence-corrected chi connectivity index (χ3v) is 5.49. The molecule has 0 saturated carbocycles. The third kappa shape index (κ3) is 3.83. The number of aromatic nitrogens is 2. The molecule has 0 fully saturated rings. The molecule has 2 aromatic carbocycles. The fourth-order valence-electron chi connectivity index (χ4n) is 2.64. The van der Waals surface area contributed by atoms with E-state index in [-0.39, 0.29) is 12.3 Å². The number of imidazole rings is 1. The van der Waals surface area contributed by atoms with Crippen molar-refractivity contribution in [2.45, 2.75) is 19.9 Å². The summed E-state index contributed by atoms with van der Waals surface area (Å²) in [5, 5.41) is 0. The summed E-state index contributed by atoms with van der Waals surface area (Å²) in [5.41, 5.74) is 3.86. The molecule has 0 aliphatic rings. The number of nitrogens with one attached hydrogen (secondary N) is 1. The smallest absolute Gasteiger partial charge is 0.212 e. The molecule has 3 aromatic rings. The van der Waals surface area contributed by atoms with Gasteiger partial charge in [-0.3, -0.25) is 0 Å². The molecular weight excluding hydrogens is 322 g/mol. The normalized spacial score (nSPS) is 11.9. The molecule has 0 radical (unpaired) electrons. The highest BCUT2D eigenvalue weighted by Crippen LogP contribution is 2.16. The van der Waals surface area contributed by atoms with Crippen molar-refractivity contribution in [3.8, 4) is 0 Å². The molecule has 0 unspecified atom stereocenters. The second-order valence-electron chi connectivity index (χ2n) is 5.92. The second-order valence-corrected chi connectivity index (χ2v) is 7.84. The zero-order valence-electron chi connectivity index (χ0n) is 13.9. The minimum absolute atomic E-state index is 0.0853. The van der Waals surface area contributed by atoms with Crippen LogP contribution < -0.4 is 4.72 Å². The molecule has 0 spiro atoms. The van der Waals surface area contributed by atoms with Gasteiger partial charge in [-0.05, 0) is 36.6 Å². The summed E-state index contributed by atoms with van der Waals surface area (Å²) in [7, 11) is -1.34. The average Bonchev–Trinajstić information content (AvgIpc) is 2.86. The molecule has 0 saturated heterocycles. The van der Waals surface area contributed by atoms with Crippen molar-refractivity contribution in [2.75, 3.05) is 5.75 Å². The van der Waals surface area contributed by atoms with Crippen LogP contribution in [0.15, 0.2) is 48.5 Å². The van der Waals surface area contributed by atoms with E-state index in [1.54, 1.807) is 0 Å². The Morgan fingerprint density at radius 2 is 1.83 bits per heavy atom. The van der Waals surface area contributed by atoms with Crippen LogP contribution in [0.4, 0.5) is 0 Å². The van der Waals surface area contributed by atoms with Crippen molar-refractivity contribution in [3.63, 3.8) is 0 Å². The summed E-state index contributed by atoms with van der Waals surface area (Å²) in [6, 6.07) is 15.5. The maximum atomic E-state index is 12.2. The van der Waals surface area contributed by atoms with Gasteiger partial charge in [0.2, 0.25) is 10.0 Å². The van der Waals surface area contributed by atoms with Crippen molar-refractivity contribution < 1.29 is 8.42 Å². The van der Waals surface area contributed by atoms with Gasteiger partial charge in [0, 0.05) is 13.6 Å². The number of hydrogen-bond acceptors (Lipinski definition) is 3. The number of hydrogen-bond donors (Lipinski definition) is 1. The van der Waals surface area contributed by atoms with Crippen LogP contribution in [0, 0.1) is 6.92 Å². The number of nitrogens with zero attached hydrogens (tertiary/aromatic N) is 2. The van der Waals surface area contributed by atoms with E-state index in [2.05, 4.69) is 9.71 Å². The van der Waals surface area contributed by atoms with Gasteiger partial charge in [0.1, 0.15) is 5.82 Å². The molecule has 24 heavy (non-hydrogen) atoms. The predicted octanol–water partition coefficient (Wildman–Crippen LogP) is 2.54. The van der Waals surface area contributed by atoms with Crippen LogP contribution in [-0.4, -0.2) is 23.7 Å². The maximum absolute atomic E-state index is 12.2. The van der Waals surface area contributed by atoms with E-state index in [9.17, 15) is 8.42 Å². The second kappa shape index (κ2) is 6.75. The van der Waals surface area contributed by atoms with Crippen LogP contribution in [0.5, 0.6) is 0 Å². The van der Waals surface area contributed by atoms with Crippen molar-refractivity contribution in [3.05, 3.63) is 65.5 Å². The van der Waals surface area contributed by atoms with Gasteiger partial charge >= 0.3 is 0 Å². The molecule has 1 N–H and O–H groups in total. The molecule has 5 nitrogen and oxygen atoms in total. The average molecular weight is 343 g/mol. The van der Waals surface area contributed by atoms with E-state index in [0.29, 0.717) is 6.42 Å². The molecule has 0 aliphatic heterocycles. The Bertz CT molecular complexity index is 947. The number of benzene rings is 2. The van der Waals surface area contributed by atoms with E-state index >= 15 is 0 Å². The highest BCUT2D eigenvalue weighted by atomic mass is 32.2. The molecular formula is C18H21N3O2S. The lowest BCUT2D eigenvalue weighted by atomic mass is 10.2. The lowest BCUT2D eigenvalue weighted by molar-refractivity contribution is 0.580. The van der Waals surface area contributed by atoms with Gasteiger partial charge in [-0.1, -0.05) is 36.4 Å². The molecule has 0 atom stereocenters. The number of fused-ring (bicyclic) bond motifs is 1. The largest absolute Gasteiger partial charge is 0.331 e. The summed E-state index contributed by atoms with van der Waals surface area (Å²) < 4.78 is 29.0. The summed E-state index contributed by atoms with van der Waals surface area (Å²) >= 11 is 0. The highest BCUT2D eigenvalue weighted by Gasteiger charge is 2.11. The van der Waals surface area contributed by atoms with Gasteiger partial charge in [-0.2, -0.15) is 0 Å². The SMILES string of the molecule is Cc1nc2cc(CNS(=O)(=O)CCc3ccccc3)ccc2n1C. The molecule has 3 rings (SSSR count). The van der Waals surface area contributed by atoms with Crippen molar-refractivity contribution in [1.29, 1.82) is 0 Å². The Hall–Kier alpha value is -2.18. The standard InChI is InChI=1S/C18H21N3O2S/c1-14-20-17-12-16(8-9-18(17)21(14)2)13-19-24(22,23)11-10-15-6-4-3-5-7-15/h3-9,12,19H,10-11,13H2,1-2H3. The Labute approximate surface area is 142 Å². The van der Waals surface area contributed by atoms with Gasteiger partial charge < -0.3 is 4.57 Å². The van der Waals surface area contributed by atoms with Gasteiger partial charge in [0.15, 0.2) is 0 Å². The van der Waals surface area contributed by atoms with Crippen LogP contribution in [0.1, 0.15) is 17.0 Å². The zero-order valence-corrected chi connectivity index (χ0v) is 14.7.